The molecule has 4 rings (SSSR count). The monoisotopic (exact) mass is 480 g/mol. The van der Waals surface area contributed by atoms with Gasteiger partial charge in [0.2, 0.25) is 5.91 Å². The summed E-state index contributed by atoms with van der Waals surface area (Å²) < 4.78 is 5.61. The SMILES string of the molecule is O=C(NCC1(C(=O)NCC[C@H](O)C(=O)O)CCCCC1)OCC1c2ccccc2-c2ccccc21. The third-order valence-corrected chi connectivity index (χ3v) is 7.20. The molecule has 186 valence electrons. The molecule has 0 spiro atoms. The highest BCUT2D eigenvalue weighted by Gasteiger charge is 2.40. The number of amides is 2. The number of carbonyl (C=O) groups excluding carboxylic acids is 2. The van der Waals surface area contributed by atoms with Crippen molar-refractivity contribution in [2.45, 2.75) is 50.5 Å². The lowest BCUT2D eigenvalue weighted by molar-refractivity contribution is -0.147. The van der Waals surface area contributed by atoms with E-state index in [0.717, 1.165) is 41.5 Å². The van der Waals surface area contributed by atoms with Crippen molar-refractivity contribution in [2.24, 2.45) is 5.41 Å². The second kappa shape index (κ2) is 10.9. The maximum Gasteiger partial charge on any atom is 0.407 e. The maximum atomic E-state index is 13.0. The molecule has 0 aromatic heterocycles. The first-order valence-electron chi connectivity index (χ1n) is 12.2. The van der Waals surface area contributed by atoms with Crippen LogP contribution in [0.1, 0.15) is 55.6 Å². The molecule has 2 aromatic carbocycles. The highest BCUT2D eigenvalue weighted by molar-refractivity contribution is 5.84. The Balaban J connectivity index is 1.34. The summed E-state index contributed by atoms with van der Waals surface area (Å²) in [5.41, 5.74) is 3.81. The van der Waals surface area contributed by atoms with Gasteiger partial charge in [0, 0.05) is 25.4 Å². The second-order valence-corrected chi connectivity index (χ2v) is 9.42. The van der Waals surface area contributed by atoms with Crippen LogP contribution in [0.2, 0.25) is 0 Å². The molecule has 0 unspecified atom stereocenters. The number of carboxylic acid groups (broad SMARTS) is 1. The number of benzene rings is 2. The van der Waals surface area contributed by atoms with Gasteiger partial charge in [-0.2, -0.15) is 0 Å². The van der Waals surface area contributed by atoms with E-state index in [9.17, 15) is 19.5 Å². The van der Waals surface area contributed by atoms with Crippen molar-refractivity contribution in [3.8, 4) is 11.1 Å². The molecule has 0 radical (unpaired) electrons. The Labute approximate surface area is 204 Å². The summed E-state index contributed by atoms with van der Waals surface area (Å²) in [6.07, 6.45) is 1.87. The molecular weight excluding hydrogens is 448 g/mol. The number of aliphatic hydroxyl groups is 1. The van der Waals surface area contributed by atoms with E-state index in [1.54, 1.807) is 0 Å². The van der Waals surface area contributed by atoms with Crippen LogP contribution >= 0.6 is 0 Å². The van der Waals surface area contributed by atoms with Gasteiger partial charge in [-0.1, -0.05) is 67.8 Å². The molecule has 0 bridgehead atoms. The van der Waals surface area contributed by atoms with Crippen LogP contribution in [-0.2, 0) is 14.3 Å². The molecule has 1 atom stereocenters. The molecule has 35 heavy (non-hydrogen) atoms. The standard InChI is InChI=1S/C27H32N2O6/c30-23(24(31)32)12-15-28-25(33)27(13-6-1-7-14-27)17-29-26(34)35-16-22-20-10-4-2-8-18(20)19-9-3-5-11-21(19)22/h2-5,8-11,22-23,30H,1,6-7,12-17H2,(H,28,33)(H,29,34)(H,31,32)/t23-/m0/s1. The van der Waals surface area contributed by atoms with E-state index < -0.39 is 23.6 Å². The molecule has 4 N–H and O–H groups in total. The van der Waals surface area contributed by atoms with E-state index in [0.29, 0.717) is 12.8 Å². The van der Waals surface area contributed by atoms with Gasteiger partial charge in [-0.15, -0.1) is 0 Å². The molecule has 1 saturated carbocycles. The van der Waals surface area contributed by atoms with Crippen molar-refractivity contribution >= 4 is 18.0 Å². The third-order valence-electron chi connectivity index (χ3n) is 7.20. The van der Waals surface area contributed by atoms with Crippen molar-refractivity contribution in [1.29, 1.82) is 0 Å². The van der Waals surface area contributed by atoms with Crippen LogP contribution < -0.4 is 10.6 Å². The molecular formula is C27H32N2O6. The number of alkyl carbamates (subject to hydrolysis) is 1. The zero-order valence-corrected chi connectivity index (χ0v) is 19.7. The number of hydrogen-bond donors (Lipinski definition) is 4. The number of aliphatic carboxylic acids is 1. The zero-order chi connectivity index (χ0) is 24.8. The smallest absolute Gasteiger partial charge is 0.407 e. The number of rotatable bonds is 9. The molecule has 2 aliphatic rings. The first-order valence-corrected chi connectivity index (χ1v) is 12.2. The van der Waals surface area contributed by atoms with Gasteiger partial charge < -0.3 is 25.6 Å². The summed E-state index contributed by atoms with van der Waals surface area (Å²) in [5.74, 6) is -1.59. The van der Waals surface area contributed by atoms with Gasteiger partial charge in [-0.25, -0.2) is 9.59 Å². The lowest BCUT2D eigenvalue weighted by atomic mass is 9.73. The topological polar surface area (TPSA) is 125 Å². The molecule has 0 aliphatic heterocycles. The molecule has 0 heterocycles. The predicted octanol–water partition coefficient (Wildman–Crippen LogP) is 3.43. The Bertz CT molecular complexity index is 1030. The number of fused-ring (bicyclic) bond motifs is 3. The summed E-state index contributed by atoms with van der Waals surface area (Å²) in [6.45, 7) is 0.405. The molecule has 0 saturated heterocycles. The predicted molar refractivity (Wildman–Crippen MR) is 130 cm³/mol. The van der Waals surface area contributed by atoms with E-state index in [-0.39, 0.29) is 37.9 Å². The summed E-state index contributed by atoms with van der Waals surface area (Å²) in [4.78, 5) is 36.4. The van der Waals surface area contributed by atoms with Crippen molar-refractivity contribution in [2.75, 3.05) is 19.7 Å². The summed E-state index contributed by atoms with van der Waals surface area (Å²) >= 11 is 0. The highest BCUT2D eigenvalue weighted by Crippen LogP contribution is 2.44. The minimum absolute atomic E-state index is 0.0410. The Hall–Kier alpha value is -3.39. The first-order chi connectivity index (χ1) is 16.9. The fourth-order valence-corrected chi connectivity index (χ4v) is 5.24. The Morgan fingerprint density at radius 2 is 1.54 bits per heavy atom. The van der Waals surface area contributed by atoms with E-state index in [1.807, 2.05) is 24.3 Å². The second-order valence-electron chi connectivity index (χ2n) is 9.42. The molecule has 2 amide bonds. The minimum Gasteiger partial charge on any atom is -0.479 e. The van der Waals surface area contributed by atoms with Gasteiger partial charge in [-0.05, 0) is 35.1 Å². The highest BCUT2D eigenvalue weighted by atomic mass is 16.5. The van der Waals surface area contributed by atoms with Crippen LogP contribution in [0.25, 0.3) is 11.1 Å². The fourth-order valence-electron chi connectivity index (χ4n) is 5.24. The first kappa shape index (κ1) is 24.7. The Kier molecular flexibility index (Phi) is 7.70. The number of aliphatic hydroxyl groups excluding tert-OH is 1. The molecule has 8 heteroatoms. The molecule has 2 aliphatic carbocycles. The lowest BCUT2D eigenvalue weighted by Gasteiger charge is -2.36. The van der Waals surface area contributed by atoms with Crippen molar-refractivity contribution in [3.05, 3.63) is 59.7 Å². The van der Waals surface area contributed by atoms with Gasteiger partial charge in [0.1, 0.15) is 6.61 Å². The number of carboxylic acids is 1. The molecule has 1 fully saturated rings. The van der Waals surface area contributed by atoms with E-state index in [4.69, 9.17) is 9.84 Å². The number of ether oxygens (including phenoxy) is 1. The van der Waals surface area contributed by atoms with Crippen molar-refractivity contribution < 1.29 is 29.3 Å². The summed E-state index contributed by atoms with van der Waals surface area (Å²) in [7, 11) is 0. The third kappa shape index (κ3) is 5.48. The van der Waals surface area contributed by atoms with E-state index in [2.05, 4.69) is 34.9 Å². The number of hydrogen-bond acceptors (Lipinski definition) is 5. The van der Waals surface area contributed by atoms with Crippen molar-refractivity contribution in [3.63, 3.8) is 0 Å². The van der Waals surface area contributed by atoms with Crippen LogP contribution in [0.5, 0.6) is 0 Å². The average molecular weight is 481 g/mol. The van der Waals surface area contributed by atoms with Crippen LogP contribution in [0.4, 0.5) is 4.79 Å². The zero-order valence-electron chi connectivity index (χ0n) is 19.7. The van der Waals surface area contributed by atoms with Gasteiger partial charge in [0.15, 0.2) is 6.10 Å². The van der Waals surface area contributed by atoms with Gasteiger partial charge in [-0.3, -0.25) is 4.79 Å². The Morgan fingerprint density at radius 1 is 0.943 bits per heavy atom. The lowest BCUT2D eigenvalue weighted by Crippen LogP contribution is -2.50. The Morgan fingerprint density at radius 3 is 2.14 bits per heavy atom. The number of nitrogens with one attached hydrogen (secondary N) is 2. The summed E-state index contributed by atoms with van der Waals surface area (Å²) in [5, 5.41) is 23.8. The fraction of sp³-hybridized carbons (Fsp3) is 0.444. The van der Waals surface area contributed by atoms with Crippen LogP contribution in [-0.4, -0.2) is 54.0 Å². The molecule has 2 aromatic rings. The van der Waals surface area contributed by atoms with Crippen molar-refractivity contribution in [1.82, 2.24) is 10.6 Å². The van der Waals surface area contributed by atoms with E-state index in [1.165, 1.54) is 0 Å². The average Bonchev–Trinajstić information content (AvgIpc) is 3.20. The number of carbonyl (C=O) groups is 3. The maximum absolute atomic E-state index is 13.0. The van der Waals surface area contributed by atoms with Crippen LogP contribution in [0, 0.1) is 5.41 Å². The normalized spacial score (nSPS) is 17.1. The van der Waals surface area contributed by atoms with E-state index >= 15 is 0 Å². The quantitative estimate of drug-likeness (QED) is 0.436. The van der Waals surface area contributed by atoms with Gasteiger partial charge >= 0.3 is 12.1 Å². The largest absolute Gasteiger partial charge is 0.479 e. The van der Waals surface area contributed by atoms with Crippen LogP contribution in [0.15, 0.2) is 48.5 Å². The van der Waals surface area contributed by atoms with Gasteiger partial charge in [0.05, 0.1) is 5.41 Å². The summed E-state index contributed by atoms with van der Waals surface area (Å²) in [6, 6.07) is 16.3. The minimum atomic E-state index is -1.52. The van der Waals surface area contributed by atoms with Crippen LogP contribution in [0.3, 0.4) is 0 Å². The molecule has 8 nitrogen and oxygen atoms in total. The van der Waals surface area contributed by atoms with Gasteiger partial charge in [0.25, 0.3) is 0 Å².